The molecule has 2 heterocycles. The van der Waals surface area contributed by atoms with Crippen molar-refractivity contribution in [2.45, 2.75) is 66.0 Å². The Morgan fingerprint density at radius 1 is 1.50 bits per heavy atom. The van der Waals surface area contributed by atoms with E-state index in [1.165, 1.54) is 9.44 Å². The monoisotopic (exact) mass is 348 g/mol. The van der Waals surface area contributed by atoms with Crippen LogP contribution in [0, 0.1) is 12.8 Å². The highest BCUT2D eigenvalue weighted by Crippen LogP contribution is 2.35. The molecule has 0 bridgehead atoms. The molecule has 0 spiro atoms. The number of carbonyl (C=O) groups is 1. The lowest BCUT2D eigenvalue weighted by Gasteiger charge is -2.17. The number of esters is 1. The molecule has 0 N–H and O–H groups in total. The number of carbonyl (C=O) groups excluding carboxylic acids is 1. The van der Waals surface area contributed by atoms with E-state index in [9.17, 15) is 9.59 Å². The molecule has 1 aliphatic carbocycles. The minimum atomic E-state index is -0.381. The molecule has 0 saturated heterocycles. The second-order valence-electron chi connectivity index (χ2n) is 6.79. The van der Waals surface area contributed by atoms with E-state index in [0.29, 0.717) is 17.1 Å². The summed E-state index contributed by atoms with van der Waals surface area (Å²) in [4.78, 5) is 31.7. The van der Waals surface area contributed by atoms with Crippen LogP contribution in [-0.4, -0.2) is 21.6 Å². The Labute approximate surface area is 145 Å². The summed E-state index contributed by atoms with van der Waals surface area (Å²) in [6, 6.07) is 0. The number of hydrogen-bond acceptors (Lipinski definition) is 5. The van der Waals surface area contributed by atoms with Gasteiger partial charge < -0.3 is 4.74 Å². The van der Waals surface area contributed by atoms with Crippen LogP contribution in [0.5, 0.6) is 0 Å². The lowest BCUT2D eigenvalue weighted by Crippen LogP contribution is -2.29. The first-order valence-electron chi connectivity index (χ1n) is 8.61. The van der Waals surface area contributed by atoms with E-state index in [0.717, 1.165) is 36.1 Å². The van der Waals surface area contributed by atoms with Crippen molar-refractivity contribution in [3.05, 3.63) is 26.6 Å². The van der Waals surface area contributed by atoms with Crippen LogP contribution in [0.2, 0.25) is 0 Å². The van der Waals surface area contributed by atoms with Crippen LogP contribution < -0.4 is 5.56 Å². The maximum absolute atomic E-state index is 13.0. The number of aryl methyl sites for hydroxylation is 2. The zero-order valence-electron chi connectivity index (χ0n) is 14.7. The number of rotatable bonds is 4. The summed E-state index contributed by atoms with van der Waals surface area (Å²) in [5.41, 5.74) is 1.04. The average molecular weight is 348 g/mol. The number of aromatic nitrogens is 2. The fourth-order valence-electron chi connectivity index (χ4n) is 3.19. The van der Waals surface area contributed by atoms with Gasteiger partial charge in [-0.2, -0.15) is 0 Å². The number of ether oxygens (including phenoxy) is 1. The van der Waals surface area contributed by atoms with Crippen molar-refractivity contribution >= 4 is 27.5 Å². The normalized spacial score (nSPS) is 18.4. The molecular formula is C18H24N2O3S. The van der Waals surface area contributed by atoms with E-state index in [1.54, 1.807) is 18.3 Å². The van der Waals surface area contributed by atoms with Gasteiger partial charge in [0.2, 0.25) is 0 Å². The Balaban J connectivity index is 2.00. The molecule has 5 nitrogen and oxygen atoms in total. The molecule has 0 aromatic carbocycles. The highest BCUT2D eigenvalue weighted by molar-refractivity contribution is 7.18. The van der Waals surface area contributed by atoms with Gasteiger partial charge in [-0.15, -0.1) is 11.3 Å². The quantitative estimate of drug-likeness (QED) is 0.796. The predicted octanol–water partition coefficient (Wildman–Crippen LogP) is 3.23. The van der Waals surface area contributed by atoms with Crippen molar-refractivity contribution in [1.29, 1.82) is 0 Å². The summed E-state index contributed by atoms with van der Waals surface area (Å²) in [5, 5.41) is 0.712. The smallest absolute Gasteiger partial charge is 0.326 e. The third kappa shape index (κ3) is 3.11. The number of nitrogens with zero attached hydrogens (tertiary/aromatic N) is 2. The van der Waals surface area contributed by atoms with Crippen LogP contribution in [0.25, 0.3) is 10.2 Å². The predicted molar refractivity (Wildman–Crippen MR) is 95.7 cm³/mol. The van der Waals surface area contributed by atoms with E-state index >= 15 is 0 Å². The average Bonchev–Trinajstić information content (AvgIpc) is 2.88. The van der Waals surface area contributed by atoms with Crippen molar-refractivity contribution in [3.8, 4) is 0 Å². The van der Waals surface area contributed by atoms with E-state index in [-0.39, 0.29) is 24.2 Å². The van der Waals surface area contributed by atoms with Crippen LogP contribution in [-0.2, 0) is 28.9 Å². The summed E-state index contributed by atoms with van der Waals surface area (Å²) < 4.78 is 6.77. The summed E-state index contributed by atoms with van der Waals surface area (Å²) in [7, 11) is 0. The van der Waals surface area contributed by atoms with Gasteiger partial charge in [-0.05, 0) is 51.0 Å². The van der Waals surface area contributed by atoms with Crippen LogP contribution in [0.1, 0.15) is 49.9 Å². The van der Waals surface area contributed by atoms with Crippen molar-refractivity contribution in [3.63, 3.8) is 0 Å². The first-order valence-corrected chi connectivity index (χ1v) is 9.43. The lowest BCUT2D eigenvalue weighted by atomic mass is 9.89. The SMILES string of the molecule is CCC(C)OC(=O)Cn1c(C)nc2sc3c(c2c1=O)CCC(C)C3. The molecule has 1 aliphatic rings. The zero-order valence-corrected chi connectivity index (χ0v) is 15.5. The Morgan fingerprint density at radius 3 is 2.96 bits per heavy atom. The Bertz CT molecular complexity index is 837. The second-order valence-corrected chi connectivity index (χ2v) is 7.87. The van der Waals surface area contributed by atoms with Gasteiger partial charge in [0.15, 0.2) is 0 Å². The summed E-state index contributed by atoms with van der Waals surface area (Å²) >= 11 is 1.63. The molecule has 3 rings (SSSR count). The van der Waals surface area contributed by atoms with Crippen LogP contribution >= 0.6 is 11.3 Å². The summed E-state index contributed by atoms with van der Waals surface area (Å²) in [6.45, 7) is 7.76. The molecule has 24 heavy (non-hydrogen) atoms. The molecule has 2 unspecified atom stereocenters. The molecule has 6 heteroatoms. The highest BCUT2D eigenvalue weighted by atomic mass is 32.1. The Morgan fingerprint density at radius 2 is 2.25 bits per heavy atom. The molecule has 0 aliphatic heterocycles. The van der Waals surface area contributed by atoms with Crippen molar-refractivity contribution in [1.82, 2.24) is 9.55 Å². The number of thiophene rings is 1. The summed E-state index contributed by atoms with van der Waals surface area (Å²) in [6.07, 6.45) is 3.66. The van der Waals surface area contributed by atoms with E-state index in [4.69, 9.17) is 4.74 Å². The molecule has 0 saturated carbocycles. The third-order valence-electron chi connectivity index (χ3n) is 4.80. The van der Waals surface area contributed by atoms with Gasteiger partial charge in [0.25, 0.3) is 5.56 Å². The first kappa shape index (κ1) is 17.1. The van der Waals surface area contributed by atoms with Crippen LogP contribution in [0.4, 0.5) is 0 Å². The molecule has 130 valence electrons. The van der Waals surface area contributed by atoms with Gasteiger partial charge in [0.1, 0.15) is 17.2 Å². The molecule has 0 fully saturated rings. The molecule has 2 aromatic heterocycles. The largest absolute Gasteiger partial charge is 0.461 e. The zero-order chi connectivity index (χ0) is 17.4. The van der Waals surface area contributed by atoms with Crippen molar-refractivity contribution < 1.29 is 9.53 Å². The maximum atomic E-state index is 13.0. The highest BCUT2D eigenvalue weighted by Gasteiger charge is 2.24. The van der Waals surface area contributed by atoms with Gasteiger partial charge in [0, 0.05) is 4.88 Å². The molecule has 0 amide bonds. The Kier molecular flexibility index (Phi) is 4.76. The fraction of sp³-hybridized carbons (Fsp3) is 0.611. The van der Waals surface area contributed by atoms with Gasteiger partial charge in [-0.1, -0.05) is 13.8 Å². The van der Waals surface area contributed by atoms with Crippen molar-refractivity contribution in [2.24, 2.45) is 5.92 Å². The number of hydrogen-bond donors (Lipinski definition) is 0. The Hall–Kier alpha value is -1.69. The molecule has 2 aromatic rings. The fourth-order valence-corrected chi connectivity index (χ4v) is 4.60. The van der Waals surface area contributed by atoms with Crippen molar-refractivity contribution in [2.75, 3.05) is 0 Å². The molecule has 2 atom stereocenters. The standard InChI is InChI=1S/C18H24N2O3S/c1-5-11(3)23-15(21)9-20-12(4)19-17-16(18(20)22)13-7-6-10(2)8-14(13)24-17/h10-11H,5-9H2,1-4H3. The molecular weight excluding hydrogens is 324 g/mol. The van der Waals surface area contributed by atoms with Crippen LogP contribution in [0.15, 0.2) is 4.79 Å². The topological polar surface area (TPSA) is 61.2 Å². The maximum Gasteiger partial charge on any atom is 0.326 e. The van der Waals surface area contributed by atoms with Crippen LogP contribution in [0.3, 0.4) is 0 Å². The lowest BCUT2D eigenvalue weighted by molar-refractivity contribution is -0.149. The minimum absolute atomic E-state index is 0.0705. The third-order valence-corrected chi connectivity index (χ3v) is 5.95. The van der Waals surface area contributed by atoms with Gasteiger partial charge in [0.05, 0.1) is 11.5 Å². The van der Waals surface area contributed by atoms with Gasteiger partial charge in [-0.25, -0.2) is 4.98 Å². The number of fused-ring (bicyclic) bond motifs is 3. The van der Waals surface area contributed by atoms with E-state index in [2.05, 4.69) is 11.9 Å². The molecule has 0 radical (unpaired) electrons. The van der Waals surface area contributed by atoms with Gasteiger partial charge in [-0.3, -0.25) is 14.2 Å². The minimum Gasteiger partial charge on any atom is -0.461 e. The first-order chi connectivity index (χ1) is 11.4. The summed E-state index contributed by atoms with van der Waals surface area (Å²) in [5.74, 6) is 0.841. The van der Waals surface area contributed by atoms with Gasteiger partial charge >= 0.3 is 5.97 Å². The second kappa shape index (κ2) is 6.67. The van der Waals surface area contributed by atoms with E-state index in [1.807, 2.05) is 13.8 Å². The van der Waals surface area contributed by atoms with E-state index < -0.39 is 0 Å².